The van der Waals surface area contributed by atoms with Crippen molar-refractivity contribution in [3.63, 3.8) is 0 Å². The van der Waals surface area contributed by atoms with Crippen LogP contribution in [0, 0.1) is 0 Å². The van der Waals surface area contributed by atoms with Crippen LogP contribution in [0.4, 0.5) is 13.2 Å². The third kappa shape index (κ3) is 7.55. The van der Waals surface area contributed by atoms with Crippen molar-refractivity contribution in [1.29, 1.82) is 0 Å². The molecule has 0 spiro atoms. The van der Waals surface area contributed by atoms with Gasteiger partial charge in [-0.05, 0) is 37.6 Å². The maximum absolute atomic E-state index is 12.6. The van der Waals surface area contributed by atoms with Crippen LogP contribution in [-0.4, -0.2) is 81.0 Å². The number of amides is 1. The lowest BCUT2D eigenvalue weighted by Crippen LogP contribution is -2.52. The molecule has 0 bridgehead atoms. The van der Waals surface area contributed by atoms with Crippen LogP contribution in [0.1, 0.15) is 13.3 Å². The van der Waals surface area contributed by atoms with Crippen LogP contribution in [0.25, 0.3) is 0 Å². The third-order valence-electron chi connectivity index (χ3n) is 4.43. The minimum Gasteiger partial charge on any atom is -0.497 e. The van der Waals surface area contributed by atoms with Gasteiger partial charge >= 0.3 is 6.18 Å². The fraction of sp³-hybridized carbons (Fsp3) is 0.632. The second-order valence-electron chi connectivity index (χ2n) is 6.62. The topological polar surface area (TPSA) is 51.2 Å². The molecule has 1 saturated heterocycles. The number of nitrogens with zero attached hydrogens (tertiary/aromatic N) is 2. The van der Waals surface area contributed by atoms with Gasteiger partial charge in [-0.25, -0.2) is 0 Å². The van der Waals surface area contributed by atoms with E-state index in [1.54, 1.807) is 43.2 Å². The zero-order valence-electron chi connectivity index (χ0n) is 16.2. The molecule has 1 aliphatic heterocycles. The summed E-state index contributed by atoms with van der Waals surface area (Å²) in [7, 11) is 1.58. The number of carbonyl (C=O) groups excluding carboxylic acids is 1. The summed E-state index contributed by atoms with van der Waals surface area (Å²) in [5, 5.41) is 0. The second kappa shape index (κ2) is 10.5. The number of hydrogen-bond acceptors (Lipinski definition) is 5. The molecule has 1 aromatic rings. The minimum atomic E-state index is -4.28. The molecule has 0 N–H and O–H groups in total. The van der Waals surface area contributed by atoms with Crippen molar-refractivity contribution in [3.05, 3.63) is 24.3 Å². The summed E-state index contributed by atoms with van der Waals surface area (Å²) in [6.45, 7) is 3.74. The number of benzene rings is 1. The van der Waals surface area contributed by atoms with E-state index < -0.39 is 18.9 Å². The van der Waals surface area contributed by atoms with E-state index in [4.69, 9.17) is 9.47 Å². The molecule has 1 atom stereocenters. The summed E-state index contributed by atoms with van der Waals surface area (Å²) in [6.07, 6.45) is -4.35. The number of halogens is 3. The Morgan fingerprint density at radius 2 is 1.71 bits per heavy atom. The fourth-order valence-corrected chi connectivity index (χ4v) is 2.94. The van der Waals surface area contributed by atoms with Gasteiger partial charge in [0.2, 0.25) is 0 Å². The number of ether oxygens (including phenoxy) is 3. The molecule has 0 radical (unpaired) electrons. The monoisotopic (exact) mass is 404 g/mol. The molecule has 1 aliphatic rings. The van der Waals surface area contributed by atoms with Crippen molar-refractivity contribution in [2.45, 2.75) is 25.6 Å². The van der Waals surface area contributed by atoms with Crippen molar-refractivity contribution in [2.24, 2.45) is 0 Å². The highest BCUT2D eigenvalue weighted by molar-refractivity contribution is 5.81. The number of methoxy groups -OCH3 is 1. The highest BCUT2D eigenvalue weighted by Crippen LogP contribution is 2.19. The van der Waals surface area contributed by atoms with Gasteiger partial charge in [0.25, 0.3) is 5.91 Å². The molecule has 0 saturated carbocycles. The Bertz CT molecular complexity index is 602. The quantitative estimate of drug-likeness (QED) is 0.592. The predicted molar refractivity (Wildman–Crippen MR) is 97.6 cm³/mol. The number of alkyl halides is 3. The van der Waals surface area contributed by atoms with Gasteiger partial charge in [0.1, 0.15) is 18.1 Å². The predicted octanol–water partition coefficient (Wildman–Crippen LogP) is 2.58. The van der Waals surface area contributed by atoms with E-state index in [0.29, 0.717) is 50.6 Å². The number of hydrogen-bond donors (Lipinski definition) is 0. The molecule has 1 heterocycles. The lowest BCUT2D eigenvalue weighted by atomic mass is 10.2. The van der Waals surface area contributed by atoms with Gasteiger partial charge < -0.3 is 19.1 Å². The molecular formula is C19H27F3N2O4. The van der Waals surface area contributed by atoms with E-state index >= 15 is 0 Å². The van der Waals surface area contributed by atoms with Crippen LogP contribution < -0.4 is 9.47 Å². The Kier molecular flexibility index (Phi) is 8.37. The molecule has 1 aromatic carbocycles. The van der Waals surface area contributed by atoms with Crippen molar-refractivity contribution >= 4 is 5.91 Å². The van der Waals surface area contributed by atoms with E-state index in [9.17, 15) is 18.0 Å². The molecule has 0 aromatic heterocycles. The van der Waals surface area contributed by atoms with E-state index in [2.05, 4.69) is 9.64 Å². The Morgan fingerprint density at radius 3 is 2.29 bits per heavy atom. The van der Waals surface area contributed by atoms with Crippen LogP contribution in [-0.2, 0) is 9.53 Å². The molecule has 158 valence electrons. The Balaban J connectivity index is 1.66. The third-order valence-corrected chi connectivity index (χ3v) is 4.43. The first kappa shape index (κ1) is 22.3. The molecule has 1 fully saturated rings. The largest absolute Gasteiger partial charge is 0.497 e. The summed E-state index contributed by atoms with van der Waals surface area (Å²) in [4.78, 5) is 16.4. The molecule has 0 aliphatic carbocycles. The Morgan fingerprint density at radius 1 is 1.11 bits per heavy atom. The van der Waals surface area contributed by atoms with Gasteiger partial charge in [0, 0.05) is 39.3 Å². The van der Waals surface area contributed by atoms with Crippen molar-refractivity contribution < 1.29 is 32.2 Å². The number of carbonyl (C=O) groups is 1. The van der Waals surface area contributed by atoms with Gasteiger partial charge in [-0.3, -0.25) is 9.69 Å². The standard InChI is InChI=1S/C19H27F3N2O4/c1-15(28-17-6-4-16(26-2)5-7-17)18(25)24-11-9-23(10-12-24)8-3-13-27-14-19(20,21)22/h4-7,15H,3,8-14H2,1-2H3. The summed E-state index contributed by atoms with van der Waals surface area (Å²) >= 11 is 0. The zero-order valence-corrected chi connectivity index (χ0v) is 16.2. The molecule has 1 unspecified atom stereocenters. The lowest BCUT2D eigenvalue weighted by Gasteiger charge is -2.35. The van der Waals surface area contributed by atoms with E-state index in [1.807, 2.05) is 0 Å². The van der Waals surface area contributed by atoms with E-state index in [0.717, 1.165) is 0 Å². The molecule has 2 rings (SSSR count). The zero-order chi connectivity index (χ0) is 20.6. The normalized spacial score (nSPS) is 16.7. The average Bonchev–Trinajstić information content (AvgIpc) is 2.67. The smallest absolute Gasteiger partial charge is 0.411 e. The van der Waals surface area contributed by atoms with Crippen molar-refractivity contribution in [3.8, 4) is 11.5 Å². The first-order valence-corrected chi connectivity index (χ1v) is 9.25. The van der Waals surface area contributed by atoms with Crippen LogP contribution in [0.3, 0.4) is 0 Å². The second-order valence-corrected chi connectivity index (χ2v) is 6.62. The number of rotatable bonds is 9. The van der Waals surface area contributed by atoms with Gasteiger partial charge in [0.05, 0.1) is 7.11 Å². The molecular weight excluding hydrogens is 377 g/mol. The molecule has 9 heteroatoms. The van der Waals surface area contributed by atoms with Crippen molar-refractivity contribution in [1.82, 2.24) is 9.80 Å². The van der Waals surface area contributed by atoms with Gasteiger partial charge in [-0.1, -0.05) is 0 Å². The first-order valence-electron chi connectivity index (χ1n) is 9.25. The lowest BCUT2D eigenvalue weighted by molar-refractivity contribution is -0.174. The van der Waals surface area contributed by atoms with Crippen molar-refractivity contribution in [2.75, 3.05) is 53.0 Å². The highest BCUT2D eigenvalue weighted by atomic mass is 19.4. The van der Waals surface area contributed by atoms with Crippen LogP contribution in [0.5, 0.6) is 11.5 Å². The van der Waals surface area contributed by atoms with Gasteiger partial charge in [-0.15, -0.1) is 0 Å². The van der Waals surface area contributed by atoms with Gasteiger partial charge in [0.15, 0.2) is 6.10 Å². The first-order chi connectivity index (χ1) is 13.3. The average molecular weight is 404 g/mol. The maximum atomic E-state index is 12.6. The molecule has 1 amide bonds. The Labute approximate surface area is 163 Å². The SMILES string of the molecule is COc1ccc(OC(C)C(=O)N2CCN(CCCOCC(F)(F)F)CC2)cc1. The summed E-state index contributed by atoms with van der Waals surface area (Å²) in [6, 6.07) is 7.04. The van der Waals surface area contributed by atoms with E-state index in [-0.39, 0.29) is 12.5 Å². The maximum Gasteiger partial charge on any atom is 0.411 e. The van der Waals surface area contributed by atoms with E-state index in [1.165, 1.54) is 0 Å². The van der Waals surface area contributed by atoms with Crippen LogP contribution in [0.15, 0.2) is 24.3 Å². The highest BCUT2D eigenvalue weighted by Gasteiger charge is 2.28. The molecule has 6 nitrogen and oxygen atoms in total. The van der Waals surface area contributed by atoms with Gasteiger partial charge in [-0.2, -0.15) is 13.2 Å². The van der Waals surface area contributed by atoms with Crippen LogP contribution in [0.2, 0.25) is 0 Å². The summed E-state index contributed by atoms with van der Waals surface area (Å²) in [5.41, 5.74) is 0. The molecule has 28 heavy (non-hydrogen) atoms. The summed E-state index contributed by atoms with van der Waals surface area (Å²) in [5.74, 6) is 1.23. The summed E-state index contributed by atoms with van der Waals surface area (Å²) < 4.78 is 51.4. The minimum absolute atomic E-state index is 0.0748. The Hall–Kier alpha value is -2.00. The number of piperazine rings is 1. The fourth-order valence-electron chi connectivity index (χ4n) is 2.94. The van der Waals surface area contributed by atoms with Crippen LogP contribution >= 0.6 is 0 Å².